The van der Waals surface area contributed by atoms with Gasteiger partial charge in [-0.1, -0.05) is 13.0 Å². The average molecular weight is 423 g/mol. The molecule has 9 heteroatoms. The largest absolute Gasteiger partial charge is 0.396 e. The fourth-order valence-electron chi connectivity index (χ4n) is 3.44. The number of anilines is 2. The summed E-state index contributed by atoms with van der Waals surface area (Å²) in [7, 11) is 0. The van der Waals surface area contributed by atoms with Gasteiger partial charge < -0.3 is 26.2 Å². The molecule has 0 saturated carbocycles. The summed E-state index contributed by atoms with van der Waals surface area (Å²) >= 11 is 0. The van der Waals surface area contributed by atoms with E-state index < -0.39 is 40.7 Å². The number of likely N-dealkylation sites (tertiary alicyclic amines) is 1. The zero-order chi connectivity index (χ0) is 22.1. The first kappa shape index (κ1) is 22.1. The molecule has 3 rings (SSSR count). The number of aliphatic hydroxyl groups excluding tert-OH is 1. The minimum absolute atomic E-state index is 0.101. The predicted molar refractivity (Wildman–Crippen MR) is 106 cm³/mol. The molecule has 1 aliphatic heterocycles. The van der Waals surface area contributed by atoms with Crippen LogP contribution in [0.25, 0.3) is 0 Å². The molecular formula is C21H24F3N3O3. The fraction of sp³-hybridized carbons (Fsp3) is 0.381. The molecule has 6 nitrogen and oxygen atoms in total. The van der Waals surface area contributed by atoms with E-state index >= 15 is 0 Å². The van der Waals surface area contributed by atoms with Crippen molar-refractivity contribution in [3.05, 3.63) is 58.9 Å². The smallest absolute Gasteiger partial charge is 0.256 e. The van der Waals surface area contributed by atoms with Crippen molar-refractivity contribution in [3.63, 3.8) is 0 Å². The Labute approximate surface area is 172 Å². The van der Waals surface area contributed by atoms with Gasteiger partial charge in [0, 0.05) is 12.6 Å². The van der Waals surface area contributed by atoms with Crippen molar-refractivity contribution in [1.29, 1.82) is 0 Å². The zero-order valence-corrected chi connectivity index (χ0v) is 16.5. The molecule has 1 heterocycles. The summed E-state index contributed by atoms with van der Waals surface area (Å²) < 4.78 is 42.7. The predicted octanol–water partition coefficient (Wildman–Crippen LogP) is 2.31. The summed E-state index contributed by atoms with van der Waals surface area (Å²) in [5, 5.41) is 21.9. The lowest BCUT2D eigenvalue weighted by molar-refractivity contribution is -0.0996. The van der Waals surface area contributed by atoms with Crippen LogP contribution in [0.1, 0.15) is 29.3 Å². The van der Waals surface area contributed by atoms with Gasteiger partial charge >= 0.3 is 0 Å². The summed E-state index contributed by atoms with van der Waals surface area (Å²) in [5.41, 5.74) is 4.40. The second kappa shape index (κ2) is 8.63. The number of nitrogens with one attached hydrogen (secondary N) is 1. The SMILES string of the molecule is CCc1ccc(Nc2c(C(=O)N3CC(O)(C(N)CCO)C3)ccc(F)c2F)c(F)c1. The van der Waals surface area contributed by atoms with Crippen LogP contribution in [-0.2, 0) is 6.42 Å². The molecule has 0 aromatic heterocycles. The maximum absolute atomic E-state index is 14.5. The molecule has 162 valence electrons. The van der Waals surface area contributed by atoms with Crippen molar-refractivity contribution in [1.82, 2.24) is 4.90 Å². The van der Waals surface area contributed by atoms with E-state index in [1.807, 2.05) is 6.92 Å². The number of benzene rings is 2. The Morgan fingerprint density at radius 2 is 1.93 bits per heavy atom. The van der Waals surface area contributed by atoms with E-state index in [1.54, 1.807) is 6.07 Å². The lowest BCUT2D eigenvalue weighted by atomic mass is 9.84. The summed E-state index contributed by atoms with van der Waals surface area (Å²) in [6.45, 7) is 1.40. The number of rotatable bonds is 7. The van der Waals surface area contributed by atoms with Crippen LogP contribution in [0.4, 0.5) is 24.5 Å². The number of aliphatic hydroxyl groups is 2. The second-order valence-corrected chi connectivity index (χ2v) is 7.46. The van der Waals surface area contributed by atoms with E-state index in [-0.39, 0.29) is 37.4 Å². The molecule has 2 aromatic rings. The highest BCUT2D eigenvalue weighted by Gasteiger charge is 2.48. The van der Waals surface area contributed by atoms with Crippen molar-refractivity contribution < 1.29 is 28.2 Å². The van der Waals surface area contributed by atoms with Gasteiger partial charge in [-0.05, 0) is 42.7 Å². The summed E-state index contributed by atoms with van der Waals surface area (Å²) in [6.07, 6.45) is 0.759. The van der Waals surface area contributed by atoms with E-state index in [0.717, 1.165) is 17.7 Å². The van der Waals surface area contributed by atoms with Gasteiger partial charge in [0.25, 0.3) is 5.91 Å². The van der Waals surface area contributed by atoms with Gasteiger partial charge in [0.05, 0.1) is 30.0 Å². The Bertz CT molecular complexity index is 949. The number of hydrogen-bond acceptors (Lipinski definition) is 5. The molecule has 1 amide bonds. The number of hydrogen-bond donors (Lipinski definition) is 4. The van der Waals surface area contributed by atoms with Crippen molar-refractivity contribution >= 4 is 17.3 Å². The van der Waals surface area contributed by atoms with Gasteiger partial charge in [-0.2, -0.15) is 0 Å². The number of carbonyl (C=O) groups is 1. The van der Waals surface area contributed by atoms with Gasteiger partial charge in [0.1, 0.15) is 11.4 Å². The second-order valence-electron chi connectivity index (χ2n) is 7.46. The van der Waals surface area contributed by atoms with E-state index in [1.165, 1.54) is 17.0 Å². The summed E-state index contributed by atoms with van der Waals surface area (Å²) in [6, 6.07) is 5.49. The molecule has 0 aliphatic carbocycles. The Kier molecular flexibility index (Phi) is 6.35. The van der Waals surface area contributed by atoms with Crippen molar-refractivity contribution in [2.75, 3.05) is 25.0 Å². The van der Waals surface area contributed by atoms with E-state index in [4.69, 9.17) is 10.8 Å². The molecule has 0 radical (unpaired) electrons. The number of aryl methyl sites for hydroxylation is 1. The van der Waals surface area contributed by atoms with Crippen LogP contribution in [0.5, 0.6) is 0 Å². The first-order chi connectivity index (χ1) is 14.2. The minimum atomic E-state index is -1.37. The molecule has 5 N–H and O–H groups in total. The van der Waals surface area contributed by atoms with Crippen molar-refractivity contribution in [2.45, 2.75) is 31.4 Å². The molecule has 30 heavy (non-hydrogen) atoms. The number of halogens is 3. The van der Waals surface area contributed by atoms with E-state index in [2.05, 4.69) is 5.32 Å². The zero-order valence-electron chi connectivity index (χ0n) is 16.5. The van der Waals surface area contributed by atoms with Gasteiger partial charge in [-0.3, -0.25) is 4.79 Å². The van der Waals surface area contributed by atoms with Crippen LogP contribution in [0.2, 0.25) is 0 Å². The Hall–Kier alpha value is -2.62. The Morgan fingerprint density at radius 1 is 1.23 bits per heavy atom. The first-order valence-electron chi connectivity index (χ1n) is 9.61. The third kappa shape index (κ3) is 4.14. The molecule has 1 atom stereocenters. The van der Waals surface area contributed by atoms with Gasteiger partial charge in [0.15, 0.2) is 11.6 Å². The third-order valence-electron chi connectivity index (χ3n) is 5.37. The van der Waals surface area contributed by atoms with Gasteiger partial charge in [-0.15, -0.1) is 0 Å². The highest BCUT2D eigenvalue weighted by molar-refractivity contribution is 6.01. The van der Waals surface area contributed by atoms with Crippen LogP contribution in [-0.4, -0.2) is 52.4 Å². The molecular weight excluding hydrogens is 399 g/mol. The molecule has 1 fully saturated rings. The molecule has 1 unspecified atom stereocenters. The van der Waals surface area contributed by atoms with Crippen LogP contribution >= 0.6 is 0 Å². The number of nitrogens with two attached hydrogens (primary N) is 1. The normalized spacial score (nSPS) is 16.2. The van der Waals surface area contributed by atoms with Crippen LogP contribution in [0.3, 0.4) is 0 Å². The number of β-amino-alcohol motifs (C(OH)–C–C–N with tert-alkyl or cyclic N) is 1. The van der Waals surface area contributed by atoms with Gasteiger partial charge in [0.2, 0.25) is 0 Å². The van der Waals surface area contributed by atoms with Crippen LogP contribution < -0.4 is 11.1 Å². The average Bonchev–Trinajstić information content (AvgIpc) is 2.70. The summed E-state index contributed by atoms with van der Waals surface area (Å²) in [5.74, 6) is -3.83. The highest BCUT2D eigenvalue weighted by atomic mass is 19.2. The molecule has 2 aromatic carbocycles. The minimum Gasteiger partial charge on any atom is -0.396 e. The first-order valence-corrected chi connectivity index (χ1v) is 9.61. The maximum Gasteiger partial charge on any atom is 0.256 e. The lowest BCUT2D eigenvalue weighted by Gasteiger charge is -2.49. The van der Waals surface area contributed by atoms with Crippen LogP contribution in [0.15, 0.2) is 30.3 Å². The molecule has 1 saturated heterocycles. The fourth-order valence-corrected chi connectivity index (χ4v) is 3.44. The van der Waals surface area contributed by atoms with Gasteiger partial charge in [-0.25, -0.2) is 13.2 Å². The topological polar surface area (TPSA) is 98.8 Å². The number of carbonyl (C=O) groups excluding carboxylic acids is 1. The number of amides is 1. The monoisotopic (exact) mass is 423 g/mol. The Morgan fingerprint density at radius 3 is 2.53 bits per heavy atom. The Balaban J connectivity index is 1.86. The standard InChI is InChI=1S/C21H24F3N3O3/c1-2-12-3-6-16(15(23)9-12)26-19-13(4-5-14(22)18(19)24)20(29)27-10-21(30,11-27)17(25)7-8-28/h3-6,9,17,26,28,30H,2,7-8,10-11,25H2,1H3. The van der Waals surface area contributed by atoms with E-state index in [0.29, 0.717) is 6.42 Å². The summed E-state index contributed by atoms with van der Waals surface area (Å²) in [4.78, 5) is 14.1. The van der Waals surface area contributed by atoms with Crippen molar-refractivity contribution in [2.24, 2.45) is 5.73 Å². The molecule has 0 spiro atoms. The maximum atomic E-state index is 14.5. The van der Waals surface area contributed by atoms with E-state index in [9.17, 15) is 23.1 Å². The third-order valence-corrected chi connectivity index (χ3v) is 5.37. The lowest BCUT2D eigenvalue weighted by Crippen LogP contribution is -2.70. The quantitative estimate of drug-likeness (QED) is 0.548. The molecule has 0 bridgehead atoms. The highest BCUT2D eigenvalue weighted by Crippen LogP contribution is 2.32. The number of nitrogens with zero attached hydrogens (tertiary/aromatic N) is 1. The molecule has 1 aliphatic rings. The van der Waals surface area contributed by atoms with Crippen LogP contribution in [0, 0.1) is 17.5 Å². The van der Waals surface area contributed by atoms with Crippen molar-refractivity contribution in [3.8, 4) is 0 Å².